The second-order valence-electron chi connectivity index (χ2n) is 10.3. The van der Waals surface area contributed by atoms with Crippen LogP contribution >= 0.6 is 15.9 Å². The molecule has 0 fully saturated rings. The van der Waals surface area contributed by atoms with Crippen LogP contribution in [0.15, 0.2) is 94.3 Å². The lowest BCUT2D eigenvalue weighted by molar-refractivity contribution is -0.140. The van der Waals surface area contributed by atoms with E-state index in [1.807, 2.05) is 58.0 Å². The number of nitrogens with one attached hydrogen (secondary N) is 1. The third-order valence-electron chi connectivity index (χ3n) is 6.07. The van der Waals surface area contributed by atoms with Gasteiger partial charge in [0.2, 0.25) is 11.8 Å². The van der Waals surface area contributed by atoms with Gasteiger partial charge in [-0.2, -0.15) is 0 Å². The van der Waals surface area contributed by atoms with Crippen LogP contribution in [-0.4, -0.2) is 49.8 Å². The number of halogens is 1. The summed E-state index contributed by atoms with van der Waals surface area (Å²) in [7, 11) is -4.08. The van der Waals surface area contributed by atoms with Crippen molar-refractivity contribution in [3.63, 3.8) is 0 Å². The third kappa shape index (κ3) is 8.41. The van der Waals surface area contributed by atoms with E-state index < -0.39 is 34.1 Å². The summed E-state index contributed by atoms with van der Waals surface area (Å²) < 4.78 is 29.4. The average Bonchev–Trinajstić information content (AvgIpc) is 2.89. The Morgan fingerprint density at radius 2 is 1.54 bits per heavy atom. The van der Waals surface area contributed by atoms with Crippen LogP contribution in [-0.2, 0) is 26.0 Å². The quantitative estimate of drug-likeness (QED) is 0.313. The number of amides is 2. The van der Waals surface area contributed by atoms with Crippen LogP contribution in [0.2, 0.25) is 0 Å². The fourth-order valence-corrected chi connectivity index (χ4v) is 6.04. The Balaban J connectivity index is 2.01. The van der Waals surface area contributed by atoms with Crippen molar-refractivity contribution in [3.8, 4) is 0 Å². The SMILES string of the molecule is CC[C@H](C(=O)NC(C)(C)C)N(CCc1ccccc1)C(=O)CN(c1cccc(Br)c1)S(=O)(=O)c1ccccc1. The lowest BCUT2D eigenvalue weighted by atomic mass is 10.1. The largest absolute Gasteiger partial charge is 0.350 e. The minimum atomic E-state index is -4.08. The first-order chi connectivity index (χ1) is 18.4. The van der Waals surface area contributed by atoms with Crippen molar-refractivity contribution in [2.45, 2.75) is 57.0 Å². The molecule has 2 amide bonds. The summed E-state index contributed by atoms with van der Waals surface area (Å²) >= 11 is 3.41. The Kier molecular flexibility index (Phi) is 10.3. The number of anilines is 1. The standard InChI is InChI=1S/C30H36BrN3O4S/c1-5-27(29(36)32-30(2,3)4)33(20-19-23-13-8-6-9-14-23)28(35)22-34(25-16-12-15-24(31)21-25)39(37,38)26-17-10-7-11-18-26/h6-18,21,27H,5,19-20,22H2,1-4H3,(H,32,36)/t27-/m1/s1. The number of benzene rings is 3. The van der Waals surface area contributed by atoms with Gasteiger partial charge in [0.05, 0.1) is 10.6 Å². The summed E-state index contributed by atoms with van der Waals surface area (Å²) in [5.41, 5.74) is 0.872. The minimum Gasteiger partial charge on any atom is -0.350 e. The molecule has 0 saturated heterocycles. The first-order valence-corrected chi connectivity index (χ1v) is 15.1. The van der Waals surface area contributed by atoms with E-state index >= 15 is 0 Å². The van der Waals surface area contributed by atoms with Gasteiger partial charge >= 0.3 is 0 Å². The lowest BCUT2D eigenvalue weighted by Gasteiger charge is -2.34. The molecular weight excluding hydrogens is 578 g/mol. The van der Waals surface area contributed by atoms with E-state index in [4.69, 9.17) is 0 Å². The predicted octanol–water partition coefficient (Wildman–Crippen LogP) is 5.41. The maximum Gasteiger partial charge on any atom is 0.264 e. The van der Waals surface area contributed by atoms with Crippen molar-refractivity contribution in [2.75, 3.05) is 17.4 Å². The topological polar surface area (TPSA) is 86.8 Å². The number of nitrogens with zero attached hydrogens (tertiary/aromatic N) is 2. The van der Waals surface area contributed by atoms with Gasteiger partial charge in [-0.05, 0) is 69.5 Å². The molecule has 39 heavy (non-hydrogen) atoms. The summed E-state index contributed by atoms with van der Waals surface area (Å²) in [6.45, 7) is 7.31. The molecule has 208 valence electrons. The molecule has 0 spiro atoms. The Morgan fingerprint density at radius 3 is 2.10 bits per heavy atom. The molecule has 0 aromatic heterocycles. The number of carbonyl (C=O) groups excluding carboxylic acids is 2. The highest BCUT2D eigenvalue weighted by Gasteiger charge is 2.34. The molecule has 7 nitrogen and oxygen atoms in total. The van der Waals surface area contributed by atoms with E-state index in [0.29, 0.717) is 23.0 Å². The summed E-state index contributed by atoms with van der Waals surface area (Å²) in [6.07, 6.45) is 0.902. The fraction of sp³-hybridized carbons (Fsp3) is 0.333. The molecule has 1 N–H and O–H groups in total. The molecular formula is C30H36BrN3O4S. The minimum absolute atomic E-state index is 0.0751. The maximum atomic E-state index is 14.0. The molecule has 0 radical (unpaired) electrons. The van der Waals surface area contributed by atoms with Gasteiger partial charge in [0.25, 0.3) is 10.0 Å². The molecule has 0 aliphatic rings. The smallest absolute Gasteiger partial charge is 0.264 e. The van der Waals surface area contributed by atoms with Gasteiger partial charge in [0.1, 0.15) is 12.6 Å². The number of hydrogen-bond donors (Lipinski definition) is 1. The average molecular weight is 615 g/mol. The monoisotopic (exact) mass is 613 g/mol. The zero-order valence-electron chi connectivity index (χ0n) is 22.8. The third-order valence-corrected chi connectivity index (χ3v) is 8.36. The van der Waals surface area contributed by atoms with Crippen molar-refractivity contribution in [1.82, 2.24) is 10.2 Å². The van der Waals surface area contributed by atoms with E-state index in [0.717, 1.165) is 9.87 Å². The zero-order chi connectivity index (χ0) is 28.6. The van der Waals surface area contributed by atoms with Crippen LogP contribution in [0.1, 0.15) is 39.7 Å². The fourth-order valence-electron chi connectivity index (χ4n) is 4.23. The van der Waals surface area contributed by atoms with E-state index in [2.05, 4.69) is 21.2 Å². The van der Waals surface area contributed by atoms with E-state index in [9.17, 15) is 18.0 Å². The van der Waals surface area contributed by atoms with Gasteiger partial charge in [-0.1, -0.05) is 77.5 Å². The van der Waals surface area contributed by atoms with Crippen molar-refractivity contribution in [3.05, 3.63) is 95.0 Å². The number of rotatable bonds is 11. The first kappa shape index (κ1) is 30.4. The van der Waals surface area contributed by atoms with Gasteiger partial charge in [0.15, 0.2) is 0 Å². The molecule has 1 atom stereocenters. The van der Waals surface area contributed by atoms with Gasteiger partial charge in [-0.25, -0.2) is 8.42 Å². The zero-order valence-corrected chi connectivity index (χ0v) is 25.2. The van der Waals surface area contributed by atoms with Crippen LogP contribution < -0.4 is 9.62 Å². The highest BCUT2D eigenvalue weighted by atomic mass is 79.9. The molecule has 0 aliphatic heterocycles. The van der Waals surface area contributed by atoms with Crippen LogP contribution in [0.3, 0.4) is 0 Å². The first-order valence-electron chi connectivity index (χ1n) is 12.9. The Labute approximate surface area is 240 Å². The Hall–Kier alpha value is -3.17. The van der Waals surface area contributed by atoms with Crippen molar-refractivity contribution in [1.29, 1.82) is 0 Å². The molecule has 3 aromatic rings. The van der Waals surface area contributed by atoms with Gasteiger partial charge < -0.3 is 10.2 Å². The maximum absolute atomic E-state index is 14.0. The highest BCUT2D eigenvalue weighted by molar-refractivity contribution is 9.10. The Morgan fingerprint density at radius 1 is 0.923 bits per heavy atom. The summed E-state index contributed by atoms with van der Waals surface area (Å²) in [5.74, 6) is -0.729. The lowest BCUT2D eigenvalue weighted by Crippen LogP contribution is -2.56. The number of carbonyl (C=O) groups is 2. The summed E-state index contributed by atoms with van der Waals surface area (Å²) in [4.78, 5) is 28.9. The van der Waals surface area contributed by atoms with Gasteiger partial charge in [0, 0.05) is 16.6 Å². The van der Waals surface area contributed by atoms with E-state index in [1.165, 1.54) is 17.0 Å². The van der Waals surface area contributed by atoms with Crippen LogP contribution in [0.5, 0.6) is 0 Å². The molecule has 0 saturated carbocycles. The molecule has 3 rings (SSSR count). The molecule has 0 bridgehead atoms. The second-order valence-corrected chi connectivity index (χ2v) is 13.1. The van der Waals surface area contributed by atoms with Crippen molar-refractivity contribution < 1.29 is 18.0 Å². The highest BCUT2D eigenvalue weighted by Crippen LogP contribution is 2.27. The Bertz CT molecular complexity index is 1360. The second kappa shape index (κ2) is 13.3. The van der Waals surface area contributed by atoms with Crippen LogP contribution in [0.4, 0.5) is 5.69 Å². The van der Waals surface area contributed by atoms with E-state index in [-0.39, 0.29) is 17.3 Å². The number of sulfonamides is 1. The molecule has 9 heteroatoms. The van der Waals surface area contributed by atoms with Gasteiger partial charge in [-0.15, -0.1) is 0 Å². The van der Waals surface area contributed by atoms with Crippen LogP contribution in [0.25, 0.3) is 0 Å². The van der Waals surface area contributed by atoms with Crippen molar-refractivity contribution >= 4 is 43.5 Å². The summed E-state index contributed by atoms with van der Waals surface area (Å²) in [6, 6.07) is 23.8. The number of hydrogen-bond acceptors (Lipinski definition) is 4. The van der Waals surface area contributed by atoms with E-state index in [1.54, 1.807) is 42.5 Å². The van der Waals surface area contributed by atoms with Crippen LogP contribution in [0, 0.1) is 0 Å². The molecule has 0 aliphatic carbocycles. The normalized spacial score (nSPS) is 12.4. The molecule has 0 heterocycles. The van der Waals surface area contributed by atoms with Gasteiger partial charge in [-0.3, -0.25) is 13.9 Å². The molecule has 0 unspecified atom stereocenters. The molecule has 3 aromatic carbocycles. The summed E-state index contributed by atoms with van der Waals surface area (Å²) in [5, 5.41) is 2.98. The predicted molar refractivity (Wildman–Crippen MR) is 159 cm³/mol. The van der Waals surface area contributed by atoms with Crippen molar-refractivity contribution in [2.24, 2.45) is 0 Å².